The highest BCUT2D eigenvalue weighted by atomic mass is 35.5. The van der Waals surface area contributed by atoms with E-state index >= 15 is 0 Å². The second-order valence-electron chi connectivity index (χ2n) is 6.09. The highest BCUT2D eigenvalue weighted by Crippen LogP contribution is 2.29. The van der Waals surface area contributed by atoms with Crippen molar-refractivity contribution in [2.75, 3.05) is 7.05 Å². The lowest BCUT2D eigenvalue weighted by molar-refractivity contribution is 0.643. The Hall–Kier alpha value is -1.31. The summed E-state index contributed by atoms with van der Waals surface area (Å²) in [6.07, 6.45) is 1.10. The van der Waals surface area contributed by atoms with Gasteiger partial charge in [0.25, 0.3) is 0 Å². The number of hydrogen-bond donors (Lipinski definition) is 1. The Kier molecular flexibility index (Phi) is 5.44. The molecule has 21 heavy (non-hydrogen) atoms. The van der Waals surface area contributed by atoms with E-state index in [1.807, 2.05) is 13.1 Å². The van der Waals surface area contributed by atoms with Gasteiger partial charge in [0.15, 0.2) is 0 Å². The zero-order valence-electron chi connectivity index (χ0n) is 13.3. The first kappa shape index (κ1) is 16.1. The molecule has 0 aliphatic rings. The van der Waals surface area contributed by atoms with Gasteiger partial charge >= 0.3 is 0 Å². The first-order valence-corrected chi connectivity index (χ1v) is 7.91. The third-order valence-corrected chi connectivity index (χ3v) is 4.01. The average Bonchev–Trinajstić information content (AvgIpc) is 2.41. The fourth-order valence-electron chi connectivity index (χ4n) is 2.74. The maximum atomic E-state index is 6.44. The van der Waals surface area contributed by atoms with Crippen molar-refractivity contribution >= 4 is 11.6 Å². The third-order valence-electron chi connectivity index (χ3n) is 3.68. The Balaban J connectivity index is 2.37. The fraction of sp³-hybridized carbons (Fsp3) is 0.368. The first-order valence-electron chi connectivity index (χ1n) is 7.53. The molecule has 0 heterocycles. The summed E-state index contributed by atoms with van der Waals surface area (Å²) in [5, 5.41) is 4.21. The van der Waals surface area contributed by atoms with E-state index in [1.165, 1.54) is 16.7 Å². The standard InChI is InChI=1S/C19H24ClN/c1-13(2)10-15-6-5-7-16(12-15)19(21-4)17-9-8-14(3)11-18(17)20/h5-9,11-13,19,21H,10H2,1-4H3. The molecule has 0 aromatic heterocycles. The van der Waals surface area contributed by atoms with E-state index in [0.29, 0.717) is 5.92 Å². The molecule has 1 unspecified atom stereocenters. The van der Waals surface area contributed by atoms with Crippen LogP contribution in [0.15, 0.2) is 42.5 Å². The van der Waals surface area contributed by atoms with Gasteiger partial charge in [-0.3, -0.25) is 0 Å². The minimum absolute atomic E-state index is 0.130. The Morgan fingerprint density at radius 1 is 1.10 bits per heavy atom. The molecule has 2 rings (SSSR count). The molecule has 0 amide bonds. The van der Waals surface area contributed by atoms with Crippen molar-refractivity contribution in [2.24, 2.45) is 5.92 Å². The normalized spacial score (nSPS) is 12.7. The van der Waals surface area contributed by atoms with Gasteiger partial charge in [-0.05, 0) is 54.6 Å². The van der Waals surface area contributed by atoms with E-state index in [4.69, 9.17) is 11.6 Å². The molecule has 1 nitrogen and oxygen atoms in total. The van der Waals surface area contributed by atoms with Crippen molar-refractivity contribution in [3.05, 3.63) is 69.7 Å². The summed E-state index contributed by atoms with van der Waals surface area (Å²) in [6, 6.07) is 15.2. The van der Waals surface area contributed by atoms with Crippen LogP contribution in [0, 0.1) is 12.8 Å². The summed E-state index contributed by atoms with van der Waals surface area (Å²) in [5.74, 6) is 0.663. The SMILES string of the molecule is CNC(c1cccc(CC(C)C)c1)c1ccc(C)cc1Cl. The smallest absolute Gasteiger partial charge is 0.0589 e. The highest BCUT2D eigenvalue weighted by Gasteiger charge is 2.15. The second kappa shape index (κ2) is 7.11. The first-order chi connectivity index (χ1) is 10.0. The largest absolute Gasteiger partial charge is 0.309 e. The zero-order valence-corrected chi connectivity index (χ0v) is 14.0. The van der Waals surface area contributed by atoms with Crippen LogP contribution in [0.4, 0.5) is 0 Å². The minimum Gasteiger partial charge on any atom is -0.309 e. The molecule has 1 atom stereocenters. The summed E-state index contributed by atoms with van der Waals surface area (Å²) in [4.78, 5) is 0. The monoisotopic (exact) mass is 301 g/mol. The Labute approximate surface area is 133 Å². The van der Waals surface area contributed by atoms with Crippen LogP contribution in [0.1, 0.15) is 42.1 Å². The summed E-state index contributed by atoms with van der Waals surface area (Å²) >= 11 is 6.44. The van der Waals surface area contributed by atoms with Crippen LogP contribution in [0.25, 0.3) is 0 Å². The quantitative estimate of drug-likeness (QED) is 0.804. The van der Waals surface area contributed by atoms with E-state index in [9.17, 15) is 0 Å². The molecule has 0 saturated carbocycles. The van der Waals surface area contributed by atoms with E-state index in [2.05, 4.69) is 62.5 Å². The van der Waals surface area contributed by atoms with Crippen LogP contribution in [0.5, 0.6) is 0 Å². The number of halogens is 1. The maximum Gasteiger partial charge on any atom is 0.0589 e. The van der Waals surface area contributed by atoms with Gasteiger partial charge in [-0.2, -0.15) is 0 Å². The molecule has 0 saturated heterocycles. The molecule has 2 aromatic carbocycles. The fourth-order valence-corrected chi connectivity index (χ4v) is 3.08. The molecule has 0 aliphatic heterocycles. The van der Waals surface area contributed by atoms with Gasteiger partial charge in [-0.25, -0.2) is 0 Å². The number of nitrogens with one attached hydrogen (secondary N) is 1. The van der Waals surface area contributed by atoms with Crippen molar-refractivity contribution in [3.8, 4) is 0 Å². The lowest BCUT2D eigenvalue weighted by Gasteiger charge is -2.20. The molecular formula is C19H24ClN. The summed E-state index contributed by atoms with van der Waals surface area (Å²) in [6.45, 7) is 6.56. The second-order valence-corrected chi connectivity index (χ2v) is 6.50. The zero-order chi connectivity index (χ0) is 15.4. The summed E-state index contributed by atoms with van der Waals surface area (Å²) in [7, 11) is 1.98. The van der Waals surface area contributed by atoms with Crippen LogP contribution in [-0.4, -0.2) is 7.05 Å². The van der Waals surface area contributed by atoms with Crippen molar-refractivity contribution in [3.63, 3.8) is 0 Å². The Bertz CT molecular complexity index is 604. The van der Waals surface area contributed by atoms with Gasteiger partial charge in [0, 0.05) is 5.02 Å². The molecule has 2 heteroatoms. The van der Waals surface area contributed by atoms with Gasteiger partial charge in [-0.15, -0.1) is 0 Å². The van der Waals surface area contributed by atoms with E-state index < -0.39 is 0 Å². The van der Waals surface area contributed by atoms with E-state index in [0.717, 1.165) is 17.0 Å². The Morgan fingerprint density at radius 3 is 2.48 bits per heavy atom. The molecule has 0 bridgehead atoms. The lowest BCUT2D eigenvalue weighted by Crippen LogP contribution is -2.18. The summed E-state index contributed by atoms with van der Waals surface area (Å²) < 4.78 is 0. The van der Waals surface area contributed by atoms with E-state index in [1.54, 1.807) is 0 Å². The van der Waals surface area contributed by atoms with Crippen LogP contribution in [0.2, 0.25) is 5.02 Å². The number of rotatable bonds is 5. The van der Waals surface area contributed by atoms with Crippen LogP contribution in [-0.2, 0) is 6.42 Å². The molecule has 0 fully saturated rings. The predicted octanol–water partition coefficient (Wildman–Crippen LogP) is 5.16. The Morgan fingerprint density at radius 2 is 1.86 bits per heavy atom. The molecule has 0 aliphatic carbocycles. The van der Waals surface area contributed by atoms with Crippen LogP contribution in [0.3, 0.4) is 0 Å². The maximum absolute atomic E-state index is 6.44. The van der Waals surface area contributed by atoms with Crippen LogP contribution < -0.4 is 5.32 Å². The topological polar surface area (TPSA) is 12.0 Å². The van der Waals surface area contributed by atoms with Crippen molar-refractivity contribution in [2.45, 2.75) is 33.2 Å². The average molecular weight is 302 g/mol. The van der Waals surface area contributed by atoms with Crippen molar-refractivity contribution in [1.82, 2.24) is 5.32 Å². The number of hydrogen-bond acceptors (Lipinski definition) is 1. The molecule has 1 N–H and O–H groups in total. The van der Waals surface area contributed by atoms with Gasteiger partial charge in [0.05, 0.1) is 6.04 Å². The lowest BCUT2D eigenvalue weighted by atomic mass is 9.94. The van der Waals surface area contributed by atoms with Gasteiger partial charge in [0.1, 0.15) is 0 Å². The van der Waals surface area contributed by atoms with Crippen molar-refractivity contribution < 1.29 is 0 Å². The molecule has 0 radical (unpaired) electrons. The van der Waals surface area contributed by atoms with Crippen LogP contribution >= 0.6 is 11.6 Å². The molecular weight excluding hydrogens is 278 g/mol. The van der Waals surface area contributed by atoms with Gasteiger partial charge < -0.3 is 5.32 Å². The van der Waals surface area contributed by atoms with Gasteiger partial charge in [-0.1, -0.05) is 61.8 Å². The predicted molar refractivity (Wildman–Crippen MR) is 92.1 cm³/mol. The number of benzene rings is 2. The van der Waals surface area contributed by atoms with Gasteiger partial charge in [0.2, 0.25) is 0 Å². The molecule has 112 valence electrons. The number of aryl methyl sites for hydroxylation is 1. The van der Waals surface area contributed by atoms with Crippen molar-refractivity contribution in [1.29, 1.82) is 0 Å². The minimum atomic E-state index is 0.130. The van der Waals surface area contributed by atoms with E-state index in [-0.39, 0.29) is 6.04 Å². The molecule has 2 aromatic rings. The summed E-state index contributed by atoms with van der Waals surface area (Å²) in [5.41, 5.74) is 4.96. The highest BCUT2D eigenvalue weighted by molar-refractivity contribution is 6.31. The third kappa shape index (κ3) is 4.09. The molecule has 0 spiro atoms.